The van der Waals surface area contributed by atoms with E-state index < -0.39 is 0 Å². The molecule has 1 amide bonds. The number of ether oxygens (including phenoxy) is 1. The summed E-state index contributed by atoms with van der Waals surface area (Å²) in [6, 6.07) is 17.8. The molecule has 1 N–H and O–H groups in total. The van der Waals surface area contributed by atoms with Crippen molar-refractivity contribution in [1.82, 2.24) is 9.88 Å². The third-order valence-electron chi connectivity index (χ3n) is 7.66. The molecule has 5 atom stereocenters. The number of pyridine rings is 1. The van der Waals surface area contributed by atoms with Crippen LogP contribution in [0.2, 0.25) is 0 Å². The summed E-state index contributed by atoms with van der Waals surface area (Å²) < 4.78 is 6.88. The van der Waals surface area contributed by atoms with Crippen molar-refractivity contribution in [2.45, 2.75) is 43.9 Å². The quantitative estimate of drug-likeness (QED) is 0.667. The maximum Gasteiger partial charge on any atom is 0.255 e. The Hall–Kier alpha value is -2.76. The number of morpholine rings is 1. The van der Waals surface area contributed by atoms with Crippen LogP contribution in [0.25, 0.3) is 10.9 Å². The van der Waals surface area contributed by atoms with Crippen LogP contribution >= 0.6 is 0 Å². The van der Waals surface area contributed by atoms with Gasteiger partial charge in [0.1, 0.15) is 0 Å². The molecule has 5 heteroatoms. The van der Waals surface area contributed by atoms with Gasteiger partial charge in [-0.05, 0) is 73.7 Å². The number of aromatic nitrogens is 1. The van der Waals surface area contributed by atoms with Crippen LogP contribution in [-0.4, -0.2) is 40.5 Å². The molecule has 8 rings (SSSR count). The van der Waals surface area contributed by atoms with E-state index in [2.05, 4.69) is 34.3 Å². The minimum Gasteiger partial charge on any atom is -0.364 e. The van der Waals surface area contributed by atoms with Crippen molar-refractivity contribution in [3.8, 4) is 0 Å². The number of amides is 1. The van der Waals surface area contributed by atoms with Crippen molar-refractivity contribution in [3.63, 3.8) is 0 Å². The molecule has 5 saturated heterocycles. The van der Waals surface area contributed by atoms with E-state index in [1.807, 2.05) is 48.7 Å². The highest BCUT2D eigenvalue weighted by Gasteiger charge is 2.58. The van der Waals surface area contributed by atoms with Crippen LogP contribution in [0.1, 0.15) is 48.2 Å². The van der Waals surface area contributed by atoms with Gasteiger partial charge in [-0.3, -0.25) is 14.7 Å². The molecule has 0 spiro atoms. The normalized spacial score (nSPS) is 31.1. The average molecular weight is 414 g/mol. The summed E-state index contributed by atoms with van der Waals surface area (Å²) in [5, 5.41) is 4.11. The molecular weight excluding hydrogens is 386 g/mol. The standard InChI is InChI=1S/C26H27N3O2/c1-2-26-16-29-13-11-18(26)14-23(29)24(31-26)20-10-12-27-22-9-8-19(15-21(20)22)28-25(30)17-6-4-3-5-7-17/h3-10,12,15,18,23-24H,2,11,13-14,16H2,1H3,(H,28,30)/t18?,23?,24-,26-/m0/s1. The van der Waals surface area contributed by atoms with Gasteiger partial charge in [-0.2, -0.15) is 0 Å². The third kappa shape index (κ3) is 2.99. The number of carbonyl (C=O) groups is 1. The second-order valence-corrected chi connectivity index (χ2v) is 9.17. The second-order valence-electron chi connectivity index (χ2n) is 9.17. The van der Waals surface area contributed by atoms with Crippen LogP contribution in [0.3, 0.4) is 0 Å². The molecular formula is C26H27N3O2. The van der Waals surface area contributed by atoms with Gasteiger partial charge in [-0.15, -0.1) is 0 Å². The highest BCUT2D eigenvalue weighted by Crippen LogP contribution is 2.54. The van der Waals surface area contributed by atoms with Gasteiger partial charge in [0.05, 0.1) is 17.2 Å². The van der Waals surface area contributed by atoms with E-state index in [0.29, 0.717) is 17.5 Å². The number of nitrogens with one attached hydrogen (secondary N) is 1. The van der Waals surface area contributed by atoms with E-state index in [1.165, 1.54) is 24.9 Å². The monoisotopic (exact) mass is 413 g/mol. The van der Waals surface area contributed by atoms with E-state index >= 15 is 0 Å². The van der Waals surface area contributed by atoms with Gasteiger partial charge in [-0.1, -0.05) is 25.1 Å². The van der Waals surface area contributed by atoms with Crippen LogP contribution in [0.4, 0.5) is 5.69 Å². The summed E-state index contributed by atoms with van der Waals surface area (Å²) in [6.07, 6.45) is 5.46. The first kappa shape index (κ1) is 19.0. The van der Waals surface area contributed by atoms with E-state index in [9.17, 15) is 4.79 Å². The highest BCUT2D eigenvalue weighted by atomic mass is 16.5. The number of hydrogen-bond acceptors (Lipinski definition) is 4. The number of rotatable bonds is 4. The zero-order valence-corrected chi connectivity index (χ0v) is 17.8. The second kappa shape index (κ2) is 7.14. The van der Waals surface area contributed by atoms with Crippen LogP contribution in [0.15, 0.2) is 60.8 Å². The molecule has 1 aromatic heterocycles. The largest absolute Gasteiger partial charge is 0.364 e. The first-order valence-corrected chi connectivity index (χ1v) is 11.3. The number of benzene rings is 2. The molecule has 5 fully saturated rings. The number of hydrogen-bond donors (Lipinski definition) is 1. The van der Waals surface area contributed by atoms with Gasteiger partial charge in [0.15, 0.2) is 0 Å². The van der Waals surface area contributed by atoms with Crippen molar-refractivity contribution in [2.24, 2.45) is 5.92 Å². The fourth-order valence-corrected chi connectivity index (χ4v) is 6.01. The van der Waals surface area contributed by atoms with Crippen molar-refractivity contribution in [1.29, 1.82) is 0 Å². The van der Waals surface area contributed by atoms with E-state index in [-0.39, 0.29) is 17.6 Å². The summed E-state index contributed by atoms with van der Waals surface area (Å²) in [5.74, 6) is 0.573. The van der Waals surface area contributed by atoms with Crippen LogP contribution < -0.4 is 5.32 Å². The van der Waals surface area contributed by atoms with Gasteiger partial charge in [0.2, 0.25) is 0 Å². The zero-order chi connectivity index (χ0) is 21.0. The maximum atomic E-state index is 12.7. The Bertz CT molecular complexity index is 1150. The number of anilines is 1. The molecule has 4 bridgehead atoms. The molecule has 5 aliphatic rings. The van der Waals surface area contributed by atoms with E-state index in [4.69, 9.17) is 4.74 Å². The highest BCUT2D eigenvalue weighted by molar-refractivity contribution is 6.05. The van der Waals surface area contributed by atoms with Crippen molar-refractivity contribution < 1.29 is 9.53 Å². The fourth-order valence-electron chi connectivity index (χ4n) is 6.01. The minimum absolute atomic E-state index is 0.0214. The lowest BCUT2D eigenvalue weighted by molar-refractivity contribution is -0.274. The summed E-state index contributed by atoms with van der Waals surface area (Å²) in [6.45, 7) is 4.51. The molecule has 5 nitrogen and oxygen atoms in total. The van der Waals surface area contributed by atoms with Crippen molar-refractivity contribution >= 4 is 22.5 Å². The first-order valence-electron chi connectivity index (χ1n) is 11.3. The Labute approximate surface area is 182 Å². The summed E-state index contributed by atoms with van der Waals surface area (Å²) in [5.41, 5.74) is 3.53. The Morgan fingerprint density at radius 1 is 1.23 bits per heavy atom. The van der Waals surface area contributed by atoms with Gasteiger partial charge < -0.3 is 10.1 Å². The van der Waals surface area contributed by atoms with Gasteiger partial charge in [0.25, 0.3) is 5.91 Å². The molecule has 31 heavy (non-hydrogen) atoms. The number of carbonyl (C=O) groups excluding carboxylic acids is 1. The summed E-state index contributed by atoms with van der Waals surface area (Å²) in [7, 11) is 0. The summed E-state index contributed by atoms with van der Waals surface area (Å²) in [4.78, 5) is 19.9. The predicted octanol–water partition coefficient (Wildman–Crippen LogP) is 4.80. The van der Waals surface area contributed by atoms with Crippen LogP contribution in [-0.2, 0) is 4.74 Å². The smallest absolute Gasteiger partial charge is 0.255 e. The van der Waals surface area contributed by atoms with Crippen molar-refractivity contribution in [3.05, 3.63) is 71.9 Å². The zero-order valence-electron chi connectivity index (χ0n) is 17.8. The molecule has 0 radical (unpaired) electrons. The Morgan fingerprint density at radius 3 is 2.87 bits per heavy atom. The molecule has 2 aromatic carbocycles. The van der Waals surface area contributed by atoms with Gasteiger partial charge in [-0.25, -0.2) is 0 Å². The molecule has 3 unspecified atom stereocenters. The molecule has 5 aliphatic heterocycles. The van der Waals surface area contributed by atoms with Crippen LogP contribution in [0, 0.1) is 5.92 Å². The first-order chi connectivity index (χ1) is 15.2. The van der Waals surface area contributed by atoms with Gasteiger partial charge >= 0.3 is 0 Å². The van der Waals surface area contributed by atoms with E-state index in [0.717, 1.165) is 29.6 Å². The van der Waals surface area contributed by atoms with E-state index in [1.54, 1.807) is 0 Å². The van der Waals surface area contributed by atoms with Crippen LogP contribution in [0.5, 0.6) is 0 Å². The maximum absolute atomic E-state index is 12.7. The summed E-state index contributed by atoms with van der Waals surface area (Å²) >= 11 is 0. The minimum atomic E-state index is -0.105. The molecule has 158 valence electrons. The number of fused-ring (bicyclic) bond motifs is 3. The SMILES string of the molecule is CC[C@]12CN3CCC1CC3[C@H](c1ccnc3ccc(NC(=O)c4ccccc4)cc13)O2. The third-order valence-corrected chi connectivity index (χ3v) is 7.66. The lowest BCUT2D eigenvalue weighted by Crippen LogP contribution is -2.70. The number of nitrogens with zero attached hydrogens (tertiary/aromatic N) is 2. The molecule has 0 aliphatic carbocycles. The lowest BCUT2D eigenvalue weighted by atomic mass is 9.66. The Balaban J connectivity index is 1.36. The Morgan fingerprint density at radius 2 is 2.10 bits per heavy atom. The molecule has 0 saturated carbocycles. The van der Waals surface area contributed by atoms with Gasteiger partial charge in [0, 0.05) is 35.4 Å². The fraction of sp³-hybridized carbons (Fsp3) is 0.385. The number of piperidine rings is 3. The molecule has 3 aromatic rings. The predicted molar refractivity (Wildman–Crippen MR) is 121 cm³/mol. The topological polar surface area (TPSA) is 54.5 Å². The van der Waals surface area contributed by atoms with Crippen molar-refractivity contribution in [2.75, 3.05) is 18.4 Å². The lowest BCUT2D eigenvalue weighted by Gasteiger charge is -2.64. The average Bonchev–Trinajstić information content (AvgIpc) is 2.84. The molecule has 6 heterocycles. The Kier molecular flexibility index (Phi) is 4.37.